The summed E-state index contributed by atoms with van der Waals surface area (Å²) in [5.41, 5.74) is 0.545. The third-order valence-electron chi connectivity index (χ3n) is 2.55. The van der Waals surface area contributed by atoms with Crippen molar-refractivity contribution in [3.8, 4) is 11.6 Å². The molecule has 0 aliphatic heterocycles. The lowest BCUT2D eigenvalue weighted by Gasteiger charge is -2.09. The predicted octanol–water partition coefficient (Wildman–Crippen LogP) is 1.11. The van der Waals surface area contributed by atoms with Crippen LogP contribution in [0, 0.1) is 0 Å². The van der Waals surface area contributed by atoms with Gasteiger partial charge in [-0.2, -0.15) is 0 Å². The van der Waals surface area contributed by atoms with E-state index in [4.69, 9.17) is 9.84 Å². The summed E-state index contributed by atoms with van der Waals surface area (Å²) in [5.74, 6) is 0.577. The maximum Gasteiger partial charge on any atom is 0.313 e. The smallest absolute Gasteiger partial charge is 0.313 e. The standard InChI is InChI=1S/C13H14N2O3/c1-15-8-7-14-12(13(15)17)18-11-5-3-2-4-10(11)6-9-16/h2-5,7-8,16H,6,9H2,1H3. The van der Waals surface area contributed by atoms with Crippen molar-refractivity contribution in [2.45, 2.75) is 6.42 Å². The molecule has 18 heavy (non-hydrogen) atoms. The van der Waals surface area contributed by atoms with E-state index >= 15 is 0 Å². The van der Waals surface area contributed by atoms with Crippen molar-refractivity contribution >= 4 is 0 Å². The number of hydrogen-bond donors (Lipinski definition) is 1. The molecule has 1 aromatic carbocycles. The van der Waals surface area contributed by atoms with Crippen LogP contribution in [0.2, 0.25) is 0 Å². The number of aliphatic hydroxyl groups is 1. The summed E-state index contributed by atoms with van der Waals surface area (Å²) in [6.07, 6.45) is 3.55. The normalized spacial score (nSPS) is 10.3. The van der Waals surface area contributed by atoms with E-state index in [1.807, 2.05) is 18.2 Å². The van der Waals surface area contributed by atoms with E-state index in [1.54, 1.807) is 19.3 Å². The molecule has 5 nitrogen and oxygen atoms in total. The molecule has 0 saturated heterocycles. The Morgan fingerprint density at radius 3 is 2.94 bits per heavy atom. The van der Waals surface area contributed by atoms with Gasteiger partial charge >= 0.3 is 5.56 Å². The topological polar surface area (TPSA) is 64.3 Å². The average Bonchev–Trinajstić information content (AvgIpc) is 2.37. The van der Waals surface area contributed by atoms with Crippen LogP contribution in [0.15, 0.2) is 41.5 Å². The molecule has 0 spiro atoms. The Morgan fingerprint density at radius 1 is 1.39 bits per heavy atom. The van der Waals surface area contributed by atoms with Crippen LogP contribution in [-0.4, -0.2) is 21.3 Å². The van der Waals surface area contributed by atoms with Crippen LogP contribution >= 0.6 is 0 Å². The molecule has 0 amide bonds. The largest absolute Gasteiger partial charge is 0.434 e. The van der Waals surface area contributed by atoms with E-state index in [0.717, 1.165) is 5.56 Å². The Kier molecular flexibility index (Phi) is 3.74. The molecule has 1 N–H and O–H groups in total. The number of aromatic nitrogens is 2. The highest BCUT2D eigenvalue weighted by Gasteiger charge is 2.08. The first kappa shape index (κ1) is 12.3. The molecule has 0 radical (unpaired) electrons. The molecule has 5 heteroatoms. The SMILES string of the molecule is Cn1ccnc(Oc2ccccc2CCO)c1=O. The van der Waals surface area contributed by atoms with Crippen LogP contribution in [0.25, 0.3) is 0 Å². The number of nitrogens with zero attached hydrogens (tertiary/aromatic N) is 2. The van der Waals surface area contributed by atoms with Gasteiger partial charge in [0.15, 0.2) is 0 Å². The number of benzene rings is 1. The first-order valence-electron chi connectivity index (χ1n) is 5.60. The third-order valence-corrected chi connectivity index (χ3v) is 2.55. The second-order valence-electron chi connectivity index (χ2n) is 3.83. The van der Waals surface area contributed by atoms with Crippen molar-refractivity contribution in [1.82, 2.24) is 9.55 Å². The first-order valence-corrected chi connectivity index (χ1v) is 5.60. The second-order valence-corrected chi connectivity index (χ2v) is 3.83. The Labute approximate surface area is 104 Å². The van der Waals surface area contributed by atoms with Gasteiger partial charge in [-0.05, 0) is 18.1 Å². The molecule has 1 aromatic heterocycles. The lowest BCUT2D eigenvalue weighted by molar-refractivity contribution is 0.297. The van der Waals surface area contributed by atoms with Gasteiger partial charge < -0.3 is 14.4 Å². The fourth-order valence-corrected chi connectivity index (χ4v) is 1.58. The summed E-state index contributed by atoms with van der Waals surface area (Å²) in [6, 6.07) is 7.26. The lowest BCUT2D eigenvalue weighted by Crippen LogP contribution is -2.18. The summed E-state index contributed by atoms with van der Waals surface area (Å²) in [7, 11) is 1.64. The molecule has 0 saturated carbocycles. The van der Waals surface area contributed by atoms with Crippen LogP contribution in [0.3, 0.4) is 0 Å². The average molecular weight is 246 g/mol. The molecular formula is C13H14N2O3. The minimum absolute atomic E-state index is 0.0284. The maximum atomic E-state index is 11.8. The van der Waals surface area contributed by atoms with Crippen molar-refractivity contribution in [3.63, 3.8) is 0 Å². The number of hydrogen-bond acceptors (Lipinski definition) is 4. The molecule has 2 aromatic rings. The third kappa shape index (κ3) is 2.57. The van der Waals surface area contributed by atoms with E-state index in [2.05, 4.69) is 4.98 Å². The summed E-state index contributed by atoms with van der Waals surface area (Å²) >= 11 is 0. The van der Waals surface area contributed by atoms with Crippen molar-refractivity contribution in [1.29, 1.82) is 0 Å². The molecule has 94 valence electrons. The van der Waals surface area contributed by atoms with Gasteiger partial charge in [-0.1, -0.05) is 18.2 Å². The Balaban J connectivity index is 2.34. The van der Waals surface area contributed by atoms with E-state index in [1.165, 1.54) is 10.8 Å². The minimum Gasteiger partial charge on any atom is -0.434 e. The van der Waals surface area contributed by atoms with Gasteiger partial charge in [0.05, 0.1) is 0 Å². The molecule has 0 bridgehead atoms. The fourth-order valence-electron chi connectivity index (χ4n) is 1.58. The number of para-hydroxylation sites is 1. The van der Waals surface area contributed by atoms with E-state index < -0.39 is 0 Å². The summed E-state index contributed by atoms with van der Waals surface area (Å²) in [4.78, 5) is 15.7. The van der Waals surface area contributed by atoms with Gasteiger partial charge in [-0.25, -0.2) is 4.98 Å². The second kappa shape index (κ2) is 5.46. The van der Waals surface area contributed by atoms with Crippen molar-refractivity contribution in [2.75, 3.05) is 6.61 Å². The zero-order valence-electron chi connectivity index (χ0n) is 10.0. The van der Waals surface area contributed by atoms with Gasteiger partial charge in [-0.3, -0.25) is 4.79 Å². The van der Waals surface area contributed by atoms with Crippen LogP contribution in [0.4, 0.5) is 0 Å². The van der Waals surface area contributed by atoms with Crippen LogP contribution in [0.1, 0.15) is 5.56 Å². The summed E-state index contributed by atoms with van der Waals surface area (Å²) in [6.45, 7) is 0.0284. The quantitative estimate of drug-likeness (QED) is 0.877. The fraction of sp³-hybridized carbons (Fsp3) is 0.231. The Hall–Kier alpha value is -2.14. The molecule has 1 heterocycles. The molecule has 0 aliphatic rings. The number of rotatable bonds is 4. The van der Waals surface area contributed by atoms with Gasteiger partial charge in [0.2, 0.25) is 0 Å². The molecular weight excluding hydrogens is 232 g/mol. The van der Waals surface area contributed by atoms with Crippen molar-refractivity contribution in [2.24, 2.45) is 7.05 Å². The van der Waals surface area contributed by atoms with Crippen LogP contribution < -0.4 is 10.3 Å². The number of aryl methyl sites for hydroxylation is 1. The van der Waals surface area contributed by atoms with E-state index in [9.17, 15) is 4.79 Å². The monoisotopic (exact) mass is 246 g/mol. The molecule has 0 atom stereocenters. The lowest BCUT2D eigenvalue weighted by atomic mass is 10.1. The van der Waals surface area contributed by atoms with Crippen LogP contribution in [0.5, 0.6) is 11.6 Å². The van der Waals surface area contributed by atoms with E-state index in [0.29, 0.717) is 12.2 Å². The van der Waals surface area contributed by atoms with E-state index in [-0.39, 0.29) is 18.0 Å². The molecule has 2 rings (SSSR count). The zero-order valence-corrected chi connectivity index (χ0v) is 10.0. The first-order chi connectivity index (χ1) is 8.72. The Bertz CT molecular complexity index is 593. The number of ether oxygens (including phenoxy) is 1. The highest BCUT2D eigenvalue weighted by atomic mass is 16.5. The summed E-state index contributed by atoms with van der Waals surface area (Å²) < 4.78 is 6.92. The van der Waals surface area contributed by atoms with Gasteiger partial charge in [-0.15, -0.1) is 0 Å². The highest BCUT2D eigenvalue weighted by Crippen LogP contribution is 2.22. The maximum absolute atomic E-state index is 11.8. The van der Waals surface area contributed by atoms with Gasteiger partial charge in [0, 0.05) is 26.0 Å². The molecule has 0 unspecified atom stereocenters. The number of aliphatic hydroxyl groups excluding tert-OH is 1. The Morgan fingerprint density at radius 2 is 2.17 bits per heavy atom. The van der Waals surface area contributed by atoms with Crippen LogP contribution in [-0.2, 0) is 13.5 Å². The zero-order chi connectivity index (χ0) is 13.0. The highest BCUT2D eigenvalue weighted by molar-refractivity contribution is 5.35. The molecule has 0 aliphatic carbocycles. The van der Waals surface area contributed by atoms with Gasteiger partial charge in [0.1, 0.15) is 5.75 Å². The van der Waals surface area contributed by atoms with Crippen molar-refractivity contribution in [3.05, 3.63) is 52.6 Å². The minimum atomic E-state index is -0.295. The van der Waals surface area contributed by atoms with Gasteiger partial charge in [0.25, 0.3) is 5.88 Å². The molecule has 0 fully saturated rings. The predicted molar refractivity (Wildman–Crippen MR) is 66.8 cm³/mol. The summed E-state index contributed by atoms with van der Waals surface area (Å²) in [5, 5.41) is 8.97. The van der Waals surface area contributed by atoms with Crippen molar-refractivity contribution < 1.29 is 9.84 Å².